The van der Waals surface area contributed by atoms with Gasteiger partial charge in [0.25, 0.3) is 5.56 Å². The number of carboxylic acid groups (broad SMARTS) is 1. The van der Waals surface area contributed by atoms with Crippen LogP contribution in [0, 0.1) is 0 Å². The quantitative estimate of drug-likeness (QED) is 0.644. The van der Waals surface area contributed by atoms with E-state index in [1.165, 1.54) is 11.2 Å². The first-order chi connectivity index (χ1) is 12.1. The lowest BCUT2D eigenvalue weighted by Crippen LogP contribution is -2.48. The minimum atomic E-state index is -0.900. The van der Waals surface area contributed by atoms with E-state index >= 15 is 0 Å². The van der Waals surface area contributed by atoms with E-state index in [2.05, 4.69) is 19.9 Å². The lowest BCUT2D eigenvalue weighted by atomic mass is 10.1. The second-order valence-corrected chi connectivity index (χ2v) is 5.91. The third-order valence-electron chi connectivity index (χ3n) is 4.59. The molecule has 9 heteroatoms. The molecule has 4 rings (SSSR count). The first-order valence-corrected chi connectivity index (χ1v) is 7.88. The molecule has 130 valence electrons. The molecule has 1 fully saturated rings. The molecular formula is C16H17N5O4. The average Bonchev–Trinajstić information content (AvgIpc) is 2.99. The number of aromatic nitrogens is 3. The van der Waals surface area contributed by atoms with Gasteiger partial charge in [0.15, 0.2) is 0 Å². The average molecular weight is 343 g/mol. The van der Waals surface area contributed by atoms with Gasteiger partial charge in [-0.15, -0.1) is 0 Å². The van der Waals surface area contributed by atoms with Crippen LogP contribution in [0.2, 0.25) is 0 Å². The van der Waals surface area contributed by atoms with Crippen molar-refractivity contribution in [1.29, 1.82) is 0 Å². The molecule has 2 aromatic heterocycles. The van der Waals surface area contributed by atoms with Crippen molar-refractivity contribution >= 4 is 33.7 Å². The molecule has 9 nitrogen and oxygen atoms in total. The van der Waals surface area contributed by atoms with Crippen molar-refractivity contribution in [3.05, 3.63) is 28.8 Å². The third kappa shape index (κ3) is 2.44. The summed E-state index contributed by atoms with van der Waals surface area (Å²) in [5.74, 6) is 0.639. The maximum absolute atomic E-state index is 12.1. The molecule has 0 saturated carbocycles. The van der Waals surface area contributed by atoms with Crippen molar-refractivity contribution in [3.63, 3.8) is 0 Å². The molecule has 0 spiro atoms. The monoisotopic (exact) mass is 343 g/mol. The SMILES string of the molecule is COc1cc2c(cc1N1CCN(C(=O)O)CC1)[nH]c1nc[nH]c(=O)c12. The van der Waals surface area contributed by atoms with E-state index in [1.54, 1.807) is 7.11 Å². The van der Waals surface area contributed by atoms with E-state index in [4.69, 9.17) is 9.84 Å². The number of rotatable bonds is 2. The number of piperazine rings is 1. The molecule has 1 aromatic carbocycles. The molecule has 25 heavy (non-hydrogen) atoms. The summed E-state index contributed by atoms with van der Waals surface area (Å²) >= 11 is 0. The molecular weight excluding hydrogens is 326 g/mol. The molecule has 0 bridgehead atoms. The molecule has 1 amide bonds. The first-order valence-electron chi connectivity index (χ1n) is 7.88. The van der Waals surface area contributed by atoms with Crippen LogP contribution in [-0.2, 0) is 0 Å². The number of nitrogens with zero attached hydrogens (tertiary/aromatic N) is 3. The normalized spacial score (nSPS) is 15.1. The van der Waals surface area contributed by atoms with Crippen molar-refractivity contribution < 1.29 is 14.6 Å². The zero-order valence-corrected chi connectivity index (χ0v) is 13.6. The van der Waals surface area contributed by atoms with Crippen LogP contribution in [0.15, 0.2) is 23.3 Å². The molecule has 0 aliphatic carbocycles. The summed E-state index contributed by atoms with van der Waals surface area (Å²) < 4.78 is 5.52. The van der Waals surface area contributed by atoms with Gasteiger partial charge in [-0.25, -0.2) is 9.78 Å². The fourth-order valence-corrected chi connectivity index (χ4v) is 3.30. The highest BCUT2D eigenvalue weighted by Crippen LogP contribution is 2.35. The van der Waals surface area contributed by atoms with Crippen LogP contribution in [0.25, 0.3) is 21.9 Å². The van der Waals surface area contributed by atoms with Crippen LogP contribution >= 0.6 is 0 Å². The van der Waals surface area contributed by atoms with Gasteiger partial charge in [-0.3, -0.25) is 4.79 Å². The number of methoxy groups -OCH3 is 1. The Balaban J connectivity index is 1.79. The zero-order chi connectivity index (χ0) is 17.6. The molecule has 3 N–H and O–H groups in total. The largest absolute Gasteiger partial charge is 0.495 e. The summed E-state index contributed by atoms with van der Waals surface area (Å²) in [5.41, 5.74) is 1.97. The van der Waals surface area contributed by atoms with Crippen molar-refractivity contribution in [2.75, 3.05) is 38.2 Å². The number of hydrogen-bond donors (Lipinski definition) is 3. The van der Waals surface area contributed by atoms with Gasteiger partial charge in [0.05, 0.1) is 30.0 Å². The fraction of sp³-hybridized carbons (Fsp3) is 0.312. The number of hydrogen-bond acceptors (Lipinski definition) is 5. The van der Waals surface area contributed by atoms with E-state index in [0.29, 0.717) is 43.0 Å². The molecule has 1 aliphatic rings. The van der Waals surface area contributed by atoms with Crippen LogP contribution in [0.1, 0.15) is 0 Å². The van der Waals surface area contributed by atoms with Crippen molar-refractivity contribution in [1.82, 2.24) is 19.9 Å². The van der Waals surface area contributed by atoms with Crippen molar-refractivity contribution in [2.45, 2.75) is 0 Å². The predicted molar refractivity (Wildman–Crippen MR) is 92.6 cm³/mol. The van der Waals surface area contributed by atoms with E-state index in [1.807, 2.05) is 12.1 Å². The van der Waals surface area contributed by atoms with Crippen LogP contribution in [0.4, 0.5) is 10.5 Å². The summed E-state index contributed by atoms with van der Waals surface area (Å²) in [5, 5.41) is 10.3. The summed E-state index contributed by atoms with van der Waals surface area (Å²) in [6.45, 7) is 2.02. The van der Waals surface area contributed by atoms with Gasteiger partial charge in [0.2, 0.25) is 0 Å². The molecule has 0 unspecified atom stereocenters. The number of aromatic amines is 2. The van der Waals surface area contributed by atoms with Gasteiger partial charge in [-0.1, -0.05) is 0 Å². The first kappa shape index (κ1) is 15.3. The molecule has 1 saturated heterocycles. The van der Waals surface area contributed by atoms with E-state index in [-0.39, 0.29) is 5.56 Å². The van der Waals surface area contributed by atoms with E-state index in [0.717, 1.165) is 16.6 Å². The molecule has 3 heterocycles. The smallest absolute Gasteiger partial charge is 0.407 e. The zero-order valence-electron chi connectivity index (χ0n) is 13.6. The second kappa shape index (κ2) is 5.69. The number of nitrogens with one attached hydrogen (secondary N) is 2. The Morgan fingerprint density at radius 1 is 1.28 bits per heavy atom. The maximum Gasteiger partial charge on any atom is 0.407 e. The number of carbonyl (C=O) groups is 1. The van der Waals surface area contributed by atoms with Gasteiger partial charge in [-0.05, 0) is 12.1 Å². The van der Waals surface area contributed by atoms with Crippen molar-refractivity contribution in [2.24, 2.45) is 0 Å². The topological polar surface area (TPSA) is 115 Å². The molecule has 1 aliphatic heterocycles. The van der Waals surface area contributed by atoms with E-state index < -0.39 is 6.09 Å². The Labute approximate surface area is 141 Å². The van der Waals surface area contributed by atoms with Gasteiger partial charge in [0, 0.05) is 31.6 Å². The molecule has 3 aromatic rings. The van der Waals surface area contributed by atoms with E-state index in [9.17, 15) is 9.59 Å². The van der Waals surface area contributed by atoms with Gasteiger partial charge >= 0.3 is 6.09 Å². The Morgan fingerprint density at radius 2 is 2.04 bits per heavy atom. The predicted octanol–water partition coefficient (Wildman–Crippen LogP) is 1.21. The summed E-state index contributed by atoms with van der Waals surface area (Å²) in [6.07, 6.45) is 0.464. The summed E-state index contributed by atoms with van der Waals surface area (Å²) in [4.78, 5) is 36.6. The van der Waals surface area contributed by atoms with Gasteiger partial charge in [0.1, 0.15) is 11.4 Å². The summed E-state index contributed by atoms with van der Waals surface area (Å²) in [6, 6.07) is 3.75. The number of ether oxygens (including phenoxy) is 1. The van der Waals surface area contributed by atoms with Crippen LogP contribution in [0.3, 0.4) is 0 Å². The van der Waals surface area contributed by atoms with Gasteiger partial charge in [-0.2, -0.15) is 0 Å². The Hall–Kier alpha value is -3.23. The van der Waals surface area contributed by atoms with Crippen LogP contribution < -0.4 is 15.2 Å². The maximum atomic E-state index is 12.1. The van der Waals surface area contributed by atoms with Crippen molar-refractivity contribution in [3.8, 4) is 5.75 Å². The highest BCUT2D eigenvalue weighted by molar-refractivity contribution is 6.07. The number of amides is 1. The van der Waals surface area contributed by atoms with Crippen LogP contribution in [0.5, 0.6) is 5.75 Å². The lowest BCUT2D eigenvalue weighted by Gasteiger charge is -2.35. The van der Waals surface area contributed by atoms with Crippen LogP contribution in [-0.4, -0.2) is 64.3 Å². The minimum Gasteiger partial charge on any atom is -0.495 e. The Bertz CT molecular complexity index is 1020. The Morgan fingerprint density at radius 3 is 2.72 bits per heavy atom. The highest BCUT2D eigenvalue weighted by Gasteiger charge is 2.23. The fourth-order valence-electron chi connectivity index (χ4n) is 3.30. The minimum absolute atomic E-state index is 0.207. The third-order valence-corrected chi connectivity index (χ3v) is 4.59. The number of fused-ring (bicyclic) bond motifs is 3. The number of H-pyrrole nitrogens is 2. The van der Waals surface area contributed by atoms with Gasteiger partial charge < -0.3 is 29.6 Å². The molecule has 0 atom stereocenters. The standard InChI is InChI=1S/C16H17N5O4/c1-25-12-6-9-10(19-14-13(9)15(22)18-8-17-14)7-11(12)20-2-4-21(5-3-20)16(23)24/h6-8H,2-5H2,1H3,(H,23,24)(H2,17,18,19,22). The molecule has 0 radical (unpaired) electrons. The number of benzene rings is 1. The lowest BCUT2D eigenvalue weighted by molar-refractivity contribution is 0.142. The Kier molecular flexibility index (Phi) is 3.48. The number of anilines is 1. The summed E-state index contributed by atoms with van der Waals surface area (Å²) in [7, 11) is 1.58. The second-order valence-electron chi connectivity index (χ2n) is 5.91. The highest BCUT2D eigenvalue weighted by atomic mass is 16.5.